The van der Waals surface area contributed by atoms with E-state index in [-0.39, 0.29) is 61.0 Å². The molecule has 0 saturated heterocycles. The van der Waals surface area contributed by atoms with Gasteiger partial charge >= 0.3 is 0 Å². The Morgan fingerprint density at radius 3 is 1.60 bits per heavy atom. The Morgan fingerprint density at radius 1 is 0.288 bits per heavy atom. The van der Waals surface area contributed by atoms with Crippen LogP contribution in [0.15, 0.2) is 272 Å². The lowest BCUT2D eigenvalue weighted by Gasteiger charge is -2.32. The van der Waals surface area contributed by atoms with Gasteiger partial charge in [0, 0.05) is 17.1 Å². The summed E-state index contributed by atoms with van der Waals surface area (Å²) in [5.74, 6) is 0. The number of fused-ring (bicyclic) bond motifs is 21. The van der Waals surface area contributed by atoms with Crippen LogP contribution in [0.25, 0.3) is 77.5 Å². The Balaban J connectivity index is 1.09. The molecule has 0 aliphatic heterocycles. The number of nitrogens with zero attached hydrogens (tertiary/aromatic N) is 1. The highest BCUT2D eigenvalue weighted by atomic mass is 15.1. The van der Waals surface area contributed by atoms with Gasteiger partial charge < -0.3 is 4.90 Å². The van der Waals surface area contributed by atoms with Crippen LogP contribution in [0.2, 0.25) is 0 Å². The van der Waals surface area contributed by atoms with E-state index in [4.69, 9.17) is 17.8 Å². The Hall–Kier alpha value is -9.30. The molecule has 16 rings (SSSR count). The second-order valence-electron chi connectivity index (χ2n) is 17.4. The Morgan fingerprint density at radius 2 is 0.836 bits per heavy atom. The molecule has 1 nitrogen and oxygen atoms in total. The minimum atomic E-state index is -2.59. The van der Waals surface area contributed by atoms with Gasteiger partial charge in [0.25, 0.3) is 0 Å². The average molecular weight is 960 g/mol. The molecular weight excluding hydrogens is 879 g/mol. The number of hydrogen-bond donors (Lipinski definition) is 0. The summed E-state index contributed by atoms with van der Waals surface area (Å²) < 4.78 is 343. The van der Waals surface area contributed by atoms with Crippen LogP contribution in [0.5, 0.6) is 0 Å². The van der Waals surface area contributed by atoms with Crippen molar-refractivity contribution in [1.29, 1.82) is 0 Å². The largest absolute Gasteiger partial charge is 0.310 e. The fourth-order valence-corrected chi connectivity index (χ4v) is 11.6. The van der Waals surface area contributed by atoms with E-state index in [1.807, 2.05) is 0 Å². The molecule has 0 radical (unpaired) electrons. The predicted molar refractivity (Wildman–Crippen MR) is 302 cm³/mol. The molecule has 0 aromatic heterocycles. The van der Waals surface area contributed by atoms with Gasteiger partial charge in [0.05, 0.1) is 60.2 Å². The van der Waals surface area contributed by atoms with Gasteiger partial charge in [-0.15, -0.1) is 0 Å². The van der Waals surface area contributed by atoms with E-state index in [1.54, 1.807) is 0 Å². The molecule has 4 aliphatic carbocycles. The van der Waals surface area contributed by atoms with Crippen LogP contribution in [-0.2, 0) is 10.8 Å². The molecule has 2 atom stereocenters. The van der Waals surface area contributed by atoms with Crippen molar-refractivity contribution in [2.75, 3.05) is 4.90 Å². The maximum absolute atomic E-state index is 10.8. The molecule has 338 valence electrons. The maximum atomic E-state index is 10.8. The van der Waals surface area contributed by atoms with Gasteiger partial charge in [-0.3, -0.25) is 0 Å². The van der Waals surface area contributed by atoms with Gasteiger partial charge in [-0.1, -0.05) is 236 Å². The molecule has 0 fully saturated rings. The molecule has 12 aromatic carbocycles. The summed E-state index contributed by atoms with van der Waals surface area (Å²) in [7, 11) is 0. The third kappa shape index (κ3) is 5.25. The van der Waals surface area contributed by atoms with Crippen LogP contribution in [0.1, 0.15) is 93.9 Å². The van der Waals surface area contributed by atoms with Gasteiger partial charge in [0.1, 0.15) is 0 Å². The highest BCUT2D eigenvalue weighted by Crippen LogP contribution is 2.66. The third-order valence-corrected chi connectivity index (χ3v) is 14.3. The van der Waals surface area contributed by atoms with Crippen molar-refractivity contribution in [2.45, 2.75) is 10.8 Å². The smallest absolute Gasteiger partial charge is 0.0726 e. The van der Waals surface area contributed by atoms with Crippen molar-refractivity contribution in [3.63, 3.8) is 0 Å². The van der Waals surface area contributed by atoms with E-state index in [0.717, 1.165) is 36.4 Å². The summed E-state index contributed by atoms with van der Waals surface area (Å²) in [6.45, 7) is 0. The van der Waals surface area contributed by atoms with Gasteiger partial charge in [-0.25, -0.2) is 0 Å². The number of hydrogen-bond acceptors (Lipinski definition) is 1. The second kappa shape index (κ2) is 15.1. The van der Waals surface area contributed by atoms with E-state index < -0.39 is 306 Å². The van der Waals surface area contributed by atoms with Crippen molar-refractivity contribution in [3.05, 3.63) is 317 Å². The van der Waals surface area contributed by atoms with Crippen LogP contribution in [0.4, 0.5) is 17.1 Å². The van der Waals surface area contributed by atoms with E-state index in [1.165, 1.54) is 18.2 Å². The van der Waals surface area contributed by atoms with Crippen LogP contribution >= 0.6 is 0 Å². The fourth-order valence-electron chi connectivity index (χ4n) is 11.6. The zero-order valence-corrected chi connectivity index (χ0v) is 37.1. The summed E-state index contributed by atoms with van der Waals surface area (Å²) in [4.78, 5) is 0.527. The third-order valence-electron chi connectivity index (χ3n) is 14.3. The van der Waals surface area contributed by atoms with E-state index in [0.29, 0.717) is 4.90 Å². The molecule has 2 unspecified atom stereocenters. The zero-order valence-electron chi connectivity index (χ0n) is 73.1. The molecule has 0 amide bonds. The summed E-state index contributed by atoms with van der Waals surface area (Å²) in [6.07, 6.45) is 0. The van der Waals surface area contributed by atoms with Crippen molar-refractivity contribution < 1.29 is 49.3 Å². The molecule has 12 aromatic rings. The van der Waals surface area contributed by atoms with Crippen molar-refractivity contribution in [2.24, 2.45) is 0 Å². The summed E-state index contributed by atoms with van der Waals surface area (Å²) in [5.41, 5.74) is -16.7. The molecule has 0 N–H and O–H groups in total. The Bertz CT molecular complexity index is 6410. The van der Waals surface area contributed by atoms with Gasteiger partial charge in [0.15, 0.2) is 0 Å². The summed E-state index contributed by atoms with van der Waals surface area (Å²) in [6, 6.07) is -21.7. The van der Waals surface area contributed by atoms with Crippen molar-refractivity contribution in [1.82, 2.24) is 0 Å². The zero-order chi connectivity index (χ0) is 79.2. The normalized spacial score (nSPS) is 23.5. The fraction of sp³-hybridized carbons (Fsp3) is 0.0278. The van der Waals surface area contributed by atoms with E-state index >= 15 is 0 Å². The first kappa shape index (κ1) is 19.0. The lowest BCUT2D eigenvalue weighted by atomic mass is 9.70. The lowest BCUT2D eigenvalue weighted by molar-refractivity contribution is 0.793. The van der Waals surface area contributed by atoms with E-state index in [9.17, 15) is 31.5 Å². The Labute approximate surface area is 476 Å². The first-order valence-electron chi connectivity index (χ1n) is 40.6. The number of anilines is 3. The monoisotopic (exact) mass is 960 g/mol. The van der Waals surface area contributed by atoms with Gasteiger partial charge in [-0.05, 0) is 158 Å². The van der Waals surface area contributed by atoms with E-state index in [2.05, 4.69) is 0 Å². The Kier molecular flexibility index (Phi) is 3.94. The summed E-state index contributed by atoms with van der Waals surface area (Å²) >= 11 is 0. The summed E-state index contributed by atoms with van der Waals surface area (Å²) in [5, 5.41) is -0.852. The number of para-hydroxylation sites is 1. The molecule has 2 spiro atoms. The van der Waals surface area contributed by atoms with Gasteiger partial charge in [-0.2, -0.15) is 0 Å². The van der Waals surface area contributed by atoms with Crippen molar-refractivity contribution >= 4 is 27.8 Å². The number of rotatable bonds is 5. The van der Waals surface area contributed by atoms with Crippen LogP contribution in [0, 0.1) is 0 Å². The van der Waals surface area contributed by atoms with Crippen molar-refractivity contribution in [3.8, 4) is 66.8 Å². The molecule has 4 aliphatic rings. The quantitative estimate of drug-likeness (QED) is 0.166. The predicted octanol–water partition coefficient (Wildman–Crippen LogP) is 18.3. The molecule has 1 heteroatoms. The SMILES string of the molecule is [2H]c1cc2c(c([2H])c1[2H])-c1c([2H])c([2H])c([2H])c([2H])c1C21c2ccc([2H])c(-c3c(-c4c([2H])c([2H])c([2H])c(N(c5cc6c(c([2H])c5[2H])-c5c([2H])c([2H])c([2H])c([2H])c5C65c6ccc([2H])c([2H])c6-c6c([2H])c([2H])c([2H])c([2H])c65)c5c([2H])c([2H])c([2H])c([2H])c5[2H])c4[2H])c([2H])c([2H])c4c([2H])c([2H])ccc34)c2-c2cc([2H])c([2H])c([2H])c21. The highest BCUT2D eigenvalue weighted by molar-refractivity contribution is 6.10. The minimum Gasteiger partial charge on any atom is -0.310 e. The van der Waals surface area contributed by atoms with Crippen LogP contribution in [0.3, 0.4) is 0 Å². The molecule has 0 saturated carbocycles. The molecule has 0 bridgehead atoms. The molecular formula is C72H45N. The van der Waals surface area contributed by atoms with Crippen LogP contribution in [-0.4, -0.2) is 0 Å². The molecule has 73 heavy (non-hydrogen) atoms. The standard InChI is InChI=1S/C72H45N/c1-2-22-48(23-3-1)73(50-41-43-58-57-30-10-16-37-65(57)72(68(58)45-50)63-35-14-8-28-55(63)56-29-9-15-36-64(56)72)49-24-18-21-47(44-49)52-42-40-46-20-4-5-25-51(46)69(52)60-32-19-39-67-70(60)59-31-11-17-38-66(59)71(67)61-33-12-6-26-53(61)54-27-7-13-34-62(54)71/h1-45H/i1D,2D,3D,4D,6D,7D,8D,9D,10D,11D,12D,13D,14D,16D,17D,18D,20D,21D,22D,23D,24D,26D,27D,28D,29D,30D,32D,33D,35D,37D,38D,40D,41D,42D,43D,44D. The first-order valence-corrected chi connectivity index (χ1v) is 22.6. The molecule has 0 heterocycles. The minimum absolute atomic E-state index is 0.161. The second-order valence-corrected chi connectivity index (χ2v) is 17.4. The highest BCUT2D eigenvalue weighted by Gasteiger charge is 2.53. The average Bonchev–Trinajstić information content (AvgIpc) is 1.49. The van der Waals surface area contributed by atoms with Gasteiger partial charge in [0.2, 0.25) is 0 Å². The topological polar surface area (TPSA) is 3.24 Å². The number of benzene rings is 12. The lowest BCUT2D eigenvalue weighted by Crippen LogP contribution is -2.26. The first-order chi connectivity index (χ1) is 51.2. The maximum Gasteiger partial charge on any atom is 0.0726 e. The van der Waals surface area contributed by atoms with Crippen LogP contribution < -0.4 is 4.90 Å².